The maximum Gasteiger partial charge on any atom is 0.282 e. The Morgan fingerprint density at radius 2 is 2.22 bits per heavy atom. The summed E-state index contributed by atoms with van der Waals surface area (Å²) < 4.78 is 4.89. The minimum absolute atomic E-state index is 0.154. The number of carbonyl (C=O) groups excluding carboxylic acids is 2. The Bertz CT molecular complexity index is 409. The molecule has 0 fully saturated rings. The first-order valence-electron chi connectivity index (χ1n) is 5.35. The summed E-state index contributed by atoms with van der Waals surface area (Å²) in [5.41, 5.74) is 4.88. The van der Waals surface area contributed by atoms with Crippen molar-refractivity contribution in [1.29, 1.82) is 0 Å². The molecule has 1 aromatic rings. The van der Waals surface area contributed by atoms with Gasteiger partial charge in [0.05, 0.1) is 6.61 Å². The van der Waals surface area contributed by atoms with Crippen molar-refractivity contribution in [3.05, 3.63) is 5.01 Å². The van der Waals surface area contributed by atoms with Crippen LogP contribution in [0.5, 0.6) is 0 Å². The molecule has 0 bridgehead atoms. The number of hydrogen-bond acceptors (Lipinski definition) is 7. The maximum atomic E-state index is 11.6. The average Bonchev–Trinajstić information content (AvgIpc) is 2.77. The number of nitrogens with zero attached hydrogens (tertiary/aromatic N) is 2. The fourth-order valence-electron chi connectivity index (χ4n) is 1.02. The standard InChI is InChI=1S/C9H15N5O3S/c1-2-11-9-14-13-8(18-9)7(16)12-3-4-17-5-6(10)15/h2-5H2,1H3,(H2,10,15)(H,11,14)(H,12,16). The van der Waals surface area contributed by atoms with Crippen LogP contribution < -0.4 is 16.4 Å². The van der Waals surface area contributed by atoms with E-state index in [9.17, 15) is 9.59 Å². The van der Waals surface area contributed by atoms with Gasteiger partial charge in [0.25, 0.3) is 5.91 Å². The molecule has 1 heterocycles. The van der Waals surface area contributed by atoms with E-state index in [1.165, 1.54) is 11.3 Å². The van der Waals surface area contributed by atoms with Crippen LogP contribution in [0.4, 0.5) is 5.13 Å². The highest BCUT2D eigenvalue weighted by atomic mass is 32.1. The molecule has 0 aliphatic carbocycles. The molecule has 2 amide bonds. The molecule has 0 saturated heterocycles. The molecule has 0 atom stereocenters. The first kappa shape index (κ1) is 14.3. The first-order valence-corrected chi connectivity index (χ1v) is 6.16. The van der Waals surface area contributed by atoms with Crippen molar-refractivity contribution in [3.63, 3.8) is 0 Å². The highest BCUT2D eigenvalue weighted by Crippen LogP contribution is 2.14. The predicted octanol–water partition coefficient (Wildman–Crippen LogP) is -0.798. The van der Waals surface area contributed by atoms with Crippen molar-refractivity contribution < 1.29 is 14.3 Å². The lowest BCUT2D eigenvalue weighted by Gasteiger charge is -2.02. The predicted molar refractivity (Wildman–Crippen MR) is 66.4 cm³/mol. The first-order chi connectivity index (χ1) is 8.63. The fourth-order valence-corrected chi connectivity index (χ4v) is 1.75. The molecule has 0 aromatic carbocycles. The molecule has 9 heteroatoms. The number of nitrogens with two attached hydrogens (primary N) is 1. The van der Waals surface area contributed by atoms with Gasteiger partial charge in [-0.1, -0.05) is 11.3 Å². The van der Waals surface area contributed by atoms with E-state index < -0.39 is 5.91 Å². The van der Waals surface area contributed by atoms with E-state index in [1.807, 2.05) is 6.92 Å². The van der Waals surface area contributed by atoms with Crippen LogP contribution in [0.2, 0.25) is 0 Å². The molecule has 1 aromatic heterocycles. The molecule has 4 N–H and O–H groups in total. The van der Waals surface area contributed by atoms with Crippen molar-refractivity contribution in [1.82, 2.24) is 15.5 Å². The van der Waals surface area contributed by atoms with Crippen LogP contribution in [-0.2, 0) is 9.53 Å². The van der Waals surface area contributed by atoms with Gasteiger partial charge in [0.1, 0.15) is 6.61 Å². The molecule has 1 rings (SSSR count). The van der Waals surface area contributed by atoms with Crippen LogP contribution >= 0.6 is 11.3 Å². The van der Waals surface area contributed by atoms with E-state index in [0.29, 0.717) is 5.13 Å². The number of anilines is 1. The molecule has 0 spiro atoms. The number of aromatic nitrogens is 2. The molecular formula is C9H15N5O3S. The lowest BCUT2D eigenvalue weighted by molar-refractivity contribution is -0.122. The average molecular weight is 273 g/mol. The van der Waals surface area contributed by atoms with Gasteiger partial charge in [-0.3, -0.25) is 9.59 Å². The number of amides is 2. The fraction of sp³-hybridized carbons (Fsp3) is 0.556. The number of carbonyl (C=O) groups is 2. The summed E-state index contributed by atoms with van der Waals surface area (Å²) >= 11 is 1.17. The second-order valence-corrected chi connectivity index (χ2v) is 4.20. The Morgan fingerprint density at radius 3 is 2.89 bits per heavy atom. The van der Waals surface area contributed by atoms with Crippen LogP contribution in [0.1, 0.15) is 16.7 Å². The monoisotopic (exact) mass is 273 g/mol. The highest BCUT2D eigenvalue weighted by Gasteiger charge is 2.11. The summed E-state index contributed by atoms with van der Waals surface area (Å²) in [7, 11) is 0. The Labute approximate surface area is 108 Å². The zero-order valence-electron chi connectivity index (χ0n) is 9.93. The van der Waals surface area contributed by atoms with Crippen LogP contribution in [-0.4, -0.2) is 48.3 Å². The van der Waals surface area contributed by atoms with Gasteiger partial charge in [-0.2, -0.15) is 0 Å². The van der Waals surface area contributed by atoms with Crippen molar-refractivity contribution in [2.45, 2.75) is 6.92 Å². The number of primary amides is 1. The van der Waals surface area contributed by atoms with Gasteiger partial charge in [-0.05, 0) is 6.92 Å². The molecule has 0 aliphatic heterocycles. The second kappa shape index (κ2) is 7.56. The minimum Gasteiger partial charge on any atom is -0.370 e. The Morgan fingerprint density at radius 1 is 1.44 bits per heavy atom. The quantitative estimate of drug-likeness (QED) is 0.534. The Kier molecular flexibility index (Phi) is 6.01. The molecule has 0 unspecified atom stereocenters. The summed E-state index contributed by atoms with van der Waals surface area (Å²) in [6.07, 6.45) is 0. The number of nitrogens with one attached hydrogen (secondary N) is 2. The van der Waals surface area contributed by atoms with Crippen LogP contribution in [0, 0.1) is 0 Å². The lowest BCUT2D eigenvalue weighted by Crippen LogP contribution is -2.28. The molecule has 18 heavy (non-hydrogen) atoms. The third-order valence-corrected chi connectivity index (χ3v) is 2.60. The van der Waals surface area contributed by atoms with Gasteiger partial charge in [-0.15, -0.1) is 10.2 Å². The molecular weight excluding hydrogens is 258 g/mol. The van der Waals surface area contributed by atoms with E-state index in [2.05, 4.69) is 20.8 Å². The van der Waals surface area contributed by atoms with Crippen molar-refractivity contribution >= 4 is 28.3 Å². The van der Waals surface area contributed by atoms with Crippen molar-refractivity contribution in [2.24, 2.45) is 5.73 Å². The lowest BCUT2D eigenvalue weighted by atomic mass is 10.6. The molecule has 8 nitrogen and oxygen atoms in total. The number of ether oxygens (including phenoxy) is 1. The summed E-state index contributed by atoms with van der Waals surface area (Å²) in [5.74, 6) is -0.861. The van der Waals surface area contributed by atoms with Crippen LogP contribution in [0.15, 0.2) is 0 Å². The van der Waals surface area contributed by atoms with Crippen molar-refractivity contribution in [2.75, 3.05) is 31.6 Å². The molecule has 100 valence electrons. The van der Waals surface area contributed by atoms with Gasteiger partial charge >= 0.3 is 0 Å². The van der Waals surface area contributed by atoms with Gasteiger partial charge in [0, 0.05) is 13.1 Å². The number of rotatable bonds is 8. The zero-order chi connectivity index (χ0) is 13.4. The Hall–Kier alpha value is -1.74. The van der Waals surface area contributed by atoms with E-state index in [0.717, 1.165) is 6.54 Å². The topological polar surface area (TPSA) is 119 Å². The van der Waals surface area contributed by atoms with Gasteiger partial charge in [0.15, 0.2) is 0 Å². The van der Waals surface area contributed by atoms with Crippen molar-refractivity contribution in [3.8, 4) is 0 Å². The van der Waals surface area contributed by atoms with Crippen LogP contribution in [0.3, 0.4) is 0 Å². The third kappa shape index (κ3) is 5.06. The van der Waals surface area contributed by atoms with E-state index >= 15 is 0 Å². The largest absolute Gasteiger partial charge is 0.370 e. The van der Waals surface area contributed by atoms with Gasteiger partial charge in [0.2, 0.25) is 16.0 Å². The third-order valence-electron chi connectivity index (χ3n) is 1.72. The van der Waals surface area contributed by atoms with E-state index in [4.69, 9.17) is 10.5 Å². The summed E-state index contributed by atoms with van der Waals surface area (Å²) in [6.45, 7) is 2.99. The normalized spacial score (nSPS) is 10.1. The van der Waals surface area contributed by atoms with Gasteiger partial charge in [-0.25, -0.2) is 0 Å². The maximum absolute atomic E-state index is 11.6. The molecule has 0 saturated carbocycles. The summed E-state index contributed by atoms with van der Waals surface area (Å²) in [5, 5.41) is 14.0. The van der Waals surface area contributed by atoms with E-state index in [1.54, 1.807) is 0 Å². The van der Waals surface area contributed by atoms with Gasteiger partial charge < -0.3 is 21.1 Å². The Balaban J connectivity index is 2.25. The summed E-state index contributed by atoms with van der Waals surface area (Å²) in [6, 6.07) is 0. The molecule has 0 aliphatic rings. The summed E-state index contributed by atoms with van der Waals surface area (Å²) in [4.78, 5) is 21.9. The minimum atomic E-state index is -0.541. The molecule has 0 radical (unpaired) electrons. The van der Waals surface area contributed by atoms with Crippen LogP contribution in [0.25, 0.3) is 0 Å². The number of hydrogen-bond donors (Lipinski definition) is 3. The smallest absolute Gasteiger partial charge is 0.282 e. The highest BCUT2D eigenvalue weighted by molar-refractivity contribution is 7.17. The zero-order valence-corrected chi connectivity index (χ0v) is 10.7. The van der Waals surface area contributed by atoms with E-state index in [-0.39, 0.29) is 30.7 Å². The SMILES string of the molecule is CCNc1nnc(C(=O)NCCOCC(N)=O)s1. The second-order valence-electron chi connectivity index (χ2n) is 3.22.